The van der Waals surface area contributed by atoms with Gasteiger partial charge in [0.2, 0.25) is 5.91 Å². The van der Waals surface area contributed by atoms with Crippen LogP contribution in [0.1, 0.15) is 25.7 Å². The fraction of sp³-hybridized carbons (Fsp3) is 0.692. The minimum Gasteiger partial charge on any atom is -0.353 e. The maximum atomic E-state index is 11.2. The summed E-state index contributed by atoms with van der Waals surface area (Å²) < 4.78 is 0. The van der Waals surface area contributed by atoms with Crippen molar-refractivity contribution in [2.24, 2.45) is 0 Å². The standard InChI is InChI=1S/C13H21N3O2S/c1-2-11(17)14-7-5-3-4-6-10-12-9(8-19-10)15-13(18)16-12/h2,9-10,12H,1,3-8H2,(H,14,17)(H2,15,16,18). The summed E-state index contributed by atoms with van der Waals surface area (Å²) in [6, 6.07) is 0.597. The van der Waals surface area contributed by atoms with Crippen molar-refractivity contribution < 1.29 is 9.59 Å². The van der Waals surface area contributed by atoms with Gasteiger partial charge in [-0.1, -0.05) is 19.4 Å². The Balaban J connectivity index is 1.55. The van der Waals surface area contributed by atoms with E-state index in [1.807, 2.05) is 11.8 Å². The van der Waals surface area contributed by atoms with Gasteiger partial charge in [-0.2, -0.15) is 11.8 Å². The third kappa shape index (κ3) is 3.89. The first kappa shape index (κ1) is 14.2. The molecule has 0 aromatic carbocycles. The van der Waals surface area contributed by atoms with E-state index in [9.17, 15) is 9.59 Å². The molecule has 3 N–H and O–H groups in total. The summed E-state index contributed by atoms with van der Waals surface area (Å²) in [6.07, 6.45) is 5.66. The molecule has 6 heteroatoms. The number of hydrogen-bond donors (Lipinski definition) is 3. The molecule has 2 fully saturated rings. The summed E-state index contributed by atoms with van der Waals surface area (Å²) in [6.45, 7) is 4.12. The number of carbonyl (C=O) groups excluding carboxylic acids is 2. The molecule has 0 aromatic heterocycles. The molecule has 3 atom stereocenters. The summed E-state index contributed by atoms with van der Waals surface area (Å²) in [4.78, 5) is 22.2. The van der Waals surface area contributed by atoms with Crippen LogP contribution < -0.4 is 16.0 Å². The van der Waals surface area contributed by atoms with Gasteiger partial charge in [0.05, 0.1) is 12.1 Å². The average molecular weight is 283 g/mol. The van der Waals surface area contributed by atoms with Crippen molar-refractivity contribution in [3.8, 4) is 0 Å². The molecule has 19 heavy (non-hydrogen) atoms. The van der Waals surface area contributed by atoms with Gasteiger partial charge in [0, 0.05) is 17.5 Å². The van der Waals surface area contributed by atoms with Crippen LogP contribution in [-0.2, 0) is 4.79 Å². The monoisotopic (exact) mass is 283 g/mol. The number of rotatable bonds is 7. The van der Waals surface area contributed by atoms with E-state index in [2.05, 4.69) is 22.5 Å². The Morgan fingerprint density at radius 3 is 3.05 bits per heavy atom. The fourth-order valence-corrected chi connectivity index (χ4v) is 4.12. The fourth-order valence-electron chi connectivity index (χ4n) is 2.57. The Labute approximate surface area is 118 Å². The van der Waals surface area contributed by atoms with Crippen LogP contribution in [0.15, 0.2) is 12.7 Å². The summed E-state index contributed by atoms with van der Waals surface area (Å²) >= 11 is 1.95. The highest BCUT2D eigenvalue weighted by molar-refractivity contribution is 8.00. The predicted molar refractivity (Wildman–Crippen MR) is 77.2 cm³/mol. The number of thioether (sulfide) groups is 1. The van der Waals surface area contributed by atoms with Gasteiger partial charge in [-0.15, -0.1) is 0 Å². The van der Waals surface area contributed by atoms with Crippen molar-refractivity contribution in [1.29, 1.82) is 0 Å². The van der Waals surface area contributed by atoms with E-state index in [-0.39, 0.29) is 11.9 Å². The van der Waals surface area contributed by atoms with Crippen molar-refractivity contribution >= 4 is 23.7 Å². The van der Waals surface area contributed by atoms with Crippen LogP contribution in [0.25, 0.3) is 0 Å². The Morgan fingerprint density at radius 2 is 2.26 bits per heavy atom. The zero-order chi connectivity index (χ0) is 13.7. The number of nitrogens with one attached hydrogen (secondary N) is 3. The molecule has 3 unspecified atom stereocenters. The summed E-state index contributed by atoms with van der Waals surface area (Å²) in [5, 5.41) is 9.26. The molecule has 106 valence electrons. The number of unbranched alkanes of at least 4 members (excludes halogenated alkanes) is 2. The lowest BCUT2D eigenvalue weighted by molar-refractivity contribution is -0.116. The highest BCUT2D eigenvalue weighted by Crippen LogP contribution is 2.33. The zero-order valence-corrected chi connectivity index (χ0v) is 11.8. The van der Waals surface area contributed by atoms with E-state index in [1.54, 1.807) is 0 Å². The number of urea groups is 1. The molecule has 0 aliphatic carbocycles. The summed E-state index contributed by atoms with van der Waals surface area (Å²) in [5.74, 6) is 0.914. The van der Waals surface area contributed by atoms with E-state index in [4.69, 9.17) is 0 Å². The first-order chi connectivity index (χ1) is 9.20. The highest BCUT2D eigenvalue weighted by Gasteiger charge is 2.42. The third-order valence-corrected chi connectivity index (χ3v) is 5.10. The average Bonchev–Trinajstić information content (AvgIpc) is 2.93. The highest BCUT2D eigenvalue weighted by atomic mass is 32.2. The summed E-state index contributed by atoms with van der Waals surface area (Å²) in [7, 11) is 0. The molecular formula is C13H21N3O2S. The molecule has 0 radical (unpaired) electrons. The number of carbonyl (C=O) groups is 2. The minimum absolute atomic E-state index is 0.0209. The maximum absolute atomic E-state index is 11.2. The van der Waals surface area contributed by atoms with Crippen LogP contribution in [-0.4, -0.2) is 41.6 Å². The summed E-state index contributed by atoms with van der Waals surface area (Å²) in [5.41, 5.74) is 0. The first-order valence-corrected chi connectivity index (χ1v) is 7.84. The molecule has 0 saturated carbocycles. The topological polar surface area (TPSA) is 70.2 Å². The van der Waals surface area contributed by atoms with Gasteiger partial charge in [0.25, 0.3) is 0 Å². The Kier molecular flexibility index (Phi) is 5.13. The molecule has 0 aromatic rings. The predicted octanol–water partition coefficient (Wildman–Crippen LogP) is 1.01. The van der Waals surface area contributed by atoms with E-state index in [1.165, 1.54) is 6.08 Å². The molecular weight excluding hydrogens is 262 g/mol. The molecule has 2 rings (SSSR count). The number of hydrogen-bond acceptors (Lipinski definition) is 3. The van der Waals surface area contributed by atoms with Crippen molar-refractivity contribution in [2.75, 3.05) is 12.3 Å². The smallest absolute Gasteiger partial charge is 0.315 e. The van der Waals surface area contributed by atoms with Crippen LogP contribution in [0.4, 0.5) is 4.79 Å². The van der Waals surface area contributed by atoms with E-state index < -0.39 is 0 Å². The molecule has 3 amide bonds. The van der Waals surface area contributed by atoms with Crippen LogP contribution in [0, 0.1) is 0 Å². The van der Waals surface area contributed by atoms with Gasteiger partial charge in [-0.3, -0.25) is 4.79 Å². The Bertz CT molecular complexity index is 362. The molecule has 2 saturated heterocycles. The van der Waals surface area contributed by atoms with Crippen molar-refractivity contribution in [3.05, 3.63) is 12.7 Å². The third-order valence-electron chi connectivity index (χ3n) is 3.59. The minimum atomic E-state index is -0.103. The van der Waals surface area contributed by atoms with Crippen molar-refractivity contribution in [1.82, 2.24) is 16.0 Å². The number of fused-ring (bicyclic) bond motifs is 1. The quantitative estimate of drug-likeness (QED) is 0.371. The SMILES string of the molecule is C=CC(=O)NCCCCCC1SCC2NC(=O)NC21. The Morgan fingerprint density at radius 1 is 1.42 bits per heavy atom. The van der Waals surface area contributed by atoms with Gasteiger partial charge >= 0.3 is 6.03 Å². The molecule has 2 heterocycles. The molecule has 2 aliphatic heterocycles. The second-order valence-electron chi connectivity index (χ2n) is 4.97. The molecule has 0 spiro atoms. The van der Waals surface area contributed by atoms with Crippen molar-refractivity contribution in [3.63, 3.8) is 0 Å². The molecule has 2 aliphatic rings. The zero-order valence-electron chi connectivity index (χ0n) is 11.0. The van der Waals surface area contributed by atoms with E-state index in [0.29, 0.717) is 23.9 Å². The largest absolute Gasteiger partial charge is 0.353 e. The van der Waals surface area contributed by atoms with E-state index in [0.717, 1.165) is 31.4 Å². The molecule has 5 nitrogen and oxygen atoms in total. The van der Waals surface area contributed by atoms with Crippen molar-refractivity contribution in [2.45, 2.75) is 43.0 Å². The maximum Gasteiger partial charge on any atom is 0.315 e. The van der Waals surface area contributed by atoms with Gasteiger partial charge in [-0.05, 0) is 18.9 Å². The first-order valence-electron chi connectivity index (χ1n) is 6.79. The number of amides is 3. The second kappa shape index (κ2) is 6.84. The normalized spacial score (nSPS) is 28.4. The van der Waals surface area contributed by atoms with Gasteiger partial charge < -0.3 is 16.0 Å². The lowest BCUT2D eigenvalue weighted by Gasteiger charge is -2.16. The van der Waals surface area contributed by atoms with Crippen LogP contribution in [0.3, 0.4) is 0 Å². The van der Waals surface area contributed by atoms with E-state index >= 15 is 0 Å². The van der Waals surface area contributed by atoms with Crippen LogP contribution >= 0.6 is 11.8 Å². The molecule has 0 bridgehead atoms. The van der Waals surface area contributed by atoms with Gasteiger partial charge in [-0.25, -0.2) is 4.79 Å². The second-order valence-corrected chi connectivity index (χ2v) is 6.24. The lowest BCUT2D eigenvalue weighted by Crippen LogP contribution is -2.36. The Hall–Kier alpha value is -1.17. The lowest BCUT2D eigenvalue weighted by atomic mass is 10.0. The van der Waals surface area contributed by atoms with Crippen LogP contribution in [0.2, 0.25) is 0 Å². The van der Waals surface area contributed by atoms with Crippen LogP contribution in [0.5, 0.6) is 0 Å². The van der Waals surface area contributed by atoms with Gasteiger partial charge in [0.15, 0.2) is 0 Å². The van der Waals surface area contributed by atoms with Gasteiger partial charge in [0.1, 0.15) is 0 Å².